The Kier molecular flexibility index (Phi) is 9.62. The minimum Gasteiger partial charge on any atom is -0.457 e. The Morgan fingerprint density at radius 1 is 1.10 bits per heavy atom. The minimum absolute atomic E-state index is 0. The number of nitrogens with zero attached hydrogens (tertiary/aromatic N) is 1. The minimum atomic E-state index is -0.692. The molecule has 0 aliphatic carbocycles. The molecule has 0 aromatic heterocycles. The molecule has 0 radical (unpaired) electrons. The SMILES string of the molecule is CN(CC(C)(C)CN)C(=O)CC(NC(N)=O)c1cccc(Oc2ccccc2)c1.Cl. The Bertz CT molecular complexity index is 830. The number of ether oxygens (including phenoxy) is 1. The first kappa shape index (κ1) is 25.3. The lowest BCUT2D eigenvalue weighted by atomic mass is 9.93. The first-order chi connectivity index (χ1) is 13.7. The van der Waals surface area contributed by atoms with Crippen LogP contribution < -0.4 is 21.5 Å². The van der Waals surface area contributed by atoms with Crippen LogP contribution in [0.15, 0.2) is 54.6 Å². The number of urea groups is 1. The number of halogens is 1. The zero-order valence-electron chi connectivity index (χ0n) is 17.6. The molecular formula is C22H31ClN4O3. The van der Waals surface area contributed by atoms with E-state index >= 15 is 0 Å². The number of carbonyl (C=O) groups excluding carboxylic acids is 2. The summed E-state index contributed by atoms with van der Waals surface area (Å²) in [5.41, 5.74) is 11.7. The molecule has 1 atom stereocenters. The van der Waals surface area contributed by atoms with Gasteiger partial charge in [0.25, 0.3) is 0 Å². The van der Waals surface area contributed by atoms with Gasteiger partial charge in [-0.1, -0.05) is 44.2 Å². The van der Waals surface area contributed by atoms with Gasteiger partial charge in [0.2, 0.25) is 5.91 Å². The van der Waals surface area contributed by atoms with Crippen LogP contribution in [0.3, 0.4) is 0 Å². The summed E-state index contributed by atoms with van der Waals surface area (Å²) in [4.78, 5) is 25.9. The number of primary amides is 1. The van der Waals surface area contributed by atoms with Crippen molar-refractivity contribution in [3.05, 3.63) is 60.2 Å². The van der Waals surface area contributed by atoms with Crippen LogP contribution in [0, 0.1) is 5.41 Å². The van der Waals surface area contributed by atoms with E-state index in [9.17, 15) is 9.59 Å². The Labute approximate surface area is 184 Å². The van der Waals surface area contributed by atoms with E-state index in [2.05, 4.69) is 5.32 Å². The zero-order chi connectivity index (χ0) is 21.4. The van der Waals surface area contributed by atoms with E-state index in [0.29, 0.717) is 24.6 Å². The molecule has 2 aromatic rings. The molecule has 0 saturated heterocycles. The molecule has 7 nitrogen and oxygen atoms in total. The van der Waals surface area contributed by atoms with E-state index in [1.165, 1.54) is 0 Å². The number of benzene rings is 2. The number of nitrogens with one attached hydrogen (secondary N) is 1. The second-order valence-electron chi connectivity index (χ2n) is 7.87. The van der Waals surface area contributed by atoms with Gasteiger partial charge in [0.1, 0.15) is 11.5 Å². The third-order valence-corrected chi connectivity index (χ3v) is 4.58. The molecule has 0 aliphatic heterocycles. The summed E-state index contributed by atoms with van der Waals surface area (Å²) < 4.78 is 5.85. The van der Waals surface area contributed by atoms with E-state index in [1.807, 2.05) is 62.4 Å². The average molecular weight is 435 g/mol. The van der Waals surface area contributed by atoms with Crippen molar-refractivity contribution >= 4 is 24.3 Å². The predicted molar refractivity (Wildman–Crippen MR) is 121 cm³/mol. The van der Waals surface area contributed by atoms with Crippen LogP contribution in [-0.2, 0) is 4.79 Å². The molecule has 5 N–H and O–H groups in total. The molecule has 0 fully saturated rings. The molecule has 3 amide bonds. The number of nitrogens with two attached hydrogens (primary N) is 2. The van der Waals surface area contributed by atoms with E-state index in [1.54, 1.807) is 18.0 Å². The van der Waals surface area contributed by atoms with Crippen molar-refractivity contribution in [1.82, 2.24) is 10.2 Å². The lowest BCUT2D eigenvalue weighted by Crippen LogP contribution is -2.42. The maximum Gasteiger partial charge on any atom is 0.312 e. The fraction of sp³-hybridized carbons (Fsp3) is 0.364. The van der Waals surface area contributed by atoms with Crippen molar-refractivity contribution < 1.29 is 14.3 Å². The summed E-state index contributed by atoms with van der Waals surface area (Å²) in [7, 11) is 1.73. The van der Waals surface area contributed by atoms with Gasteiger partial charge in [-0.25, -0.2) is 4.79 Å². The van der Waals surface area contributed by atoms with Crippen molar-refractivity contribution in [3.63, 3.8) is 0 Å². The fourth-order valence-corrected chi connectivity index (χ4v) is 2.97. The number of hydrogen-bond acceptors (Lipinski definition) is 4. The van der Waals surface area contributed by atoms with Gasteiger partial charge in [-0.05, 0) is 41.8 Å². The Hall–Kier alpha value is -2.77. The van der Waals surface area contributed by atoms with Crippen LogP contribution >= 0.6 is 12.4 Å². The molecule has 2 aromatic carbocycles. The van der Waals surface area contributed by atoms with Gasteiger partial charge < -0.3 is 26.4 Å². The number of para-hydroxylation sites is 1. The van der Waals surface area contributed by atoms with Gasteiger partial charge in [0, 0.05) is 13.6 Å². The first-order valence-corrected chi connectivity index (χ1v) is 9.53. The van der Waals surface area contributed by atoms with E-state index in [0.717, 1.165) is 5.56 Å². The predicted octanol–water partition coefficient (Wildman–Crippen LogP) is 3.44. The van der Waals surface area contributed by atoms with Gasteiger partial charge in [-0.3, -0.25) is 4.79 Å². The largest absolute Gasteiger partial charge is 0.457 e. The highest BCUT2D eigenvalue weighted by Gasteiger charge is 2.24. The monoisotopic (exact) mass is 434 g/mol. The quantitative estimate of drug-likeness (QED) is 0.561. The summed E-state index contributed by atoms with van der Waals surface area (Å²) in [6.07, 6.45) is 0.0783. The Morgan fingerprint density at radius 2 is 1.73 bits per heavy atom. The van der Waals surface area contributed by atoms with Crippen molar-refractivity contribution in [3.8, 4) is 11.5 Å². The fourth-order valence-electron chi connectivity index (χ4n) is 2.97. The molecule has 0 aliphatic rings. The topological polar surface area (TPSA) is 111 Å². The summed E-state index contributed by atoms with van der Waals surface area (Å²) >= 11 is 0. The van der Waals surface area contributed by atoms with E-state index in [-0.39, 0.29) is 30.2 Å². The summed E-state index contributed by atoms with van der Waals surface area (Å²) in [6.45, 7) is 4.98. The molecular weight excluding hydrogens is 404 g/mol. The van der Waals surface area contributed by atoms with Crippen LogP contribution in [0.4, 0.5) is 4.79 Å². The third kappa shape index (κ3) is 7.93. The molecule has 0 saturated carbocycles. The second kappa shape index (κ2) is 11.4. The molecule has 164 valence electrons. The van der Waals surface area contributed by atoms with Gasteiger partial charge in [0.15, 0.2) is 0 Å². The van der Waals surface area contributed by atoms with Gasteiger partial charge in [0.05, 0.1) is 12.5 Å². The van der Waals surface area contributed by atoms with Crippen LogP contribution in [0.5, 0.6) is 11.5 Å². The lowest BCUT2D eigenvalue weighted by Gasteiger charge is -2.30. The first-order valence-electron chi connectivity index (χ1n) is 9.53. The maximum atomic E-state index is 12.7. The normalized spacial score (nSPS) is 11.7. The van der Waals surface area contributed by atoms with Gasteiger partial charge >= 0.3 is 6.03 Å². The lowest BCUT2D eigenvalue weighted by molar-refractivity contribution is -0.131. The smallest absolute Gasteiger partial charge is 0.312 e. The molecule has 8 heteroatoms. The number of rotatable bonds is 9. The van der Waals surface area contributed by atoms with Gasteiger partial charge in [-0.15, -0.1) is 12.4 Å². The number of amides is 3. The molecule has 0 heterocycles. The Morgan fingerprint density at radius 3 is 2.33 bits per heavy atom. The van der Waals surface area contributed by atoms with Crippen LogP contribution in [-0.4, -0.2) is 37.0 Å². The molecule has 30 heavy (non-hydrogen) atoms. The zero-order valence-corrected chi connectivity index (χ0v) is 18.4. The summed E-state index contributed by atoms with van der Waals surface area (Å²) in [5.74, 6) is 1.19. The van der Waals surface area contributed by atoms with Crippen LogP contribution in [0.2, 0.25) is 0 Å². The molecule has 2 rings (SSSR count). The standard InChI is InChI=1S/C22H30N4O3.ClH/c1-22(2,14-23)15-26(3)20(27)13-19(25-21(24)28)16-8-7-11-18(12-16)29-17-9-5-4-6-10-17;/h4-12,19H,13-15,23H2,1-3H3,(H3,24,25,28);1H. The Balaban J connectivity index is 0.00000450. The van der Waals surface area contributed by atoms with E-state index in [4.69, 9.17) is 16.2 Å². The molecule has 1 unspecified atom stereocenters. The second-order valence-corrected chi connectivity index (χ2v) is 7.87. The maximum absolute atomic E-state index is 12.7. The van der Waals surface area contributed by atoms with Crippen molar-refractivity contribution in [2.24, 2.45) is 16.9 Å². The van der Waals surface area contributed by atoms with Crippen LogP contribution in [0.25, 0.3) is 0 Å². The average Bonchev–Trinajstić information content (AvgIpc) is 2.67. The summed E-state index contributed by atoms with van der Waals surface area (Å²) in [6, 6.07) is 15.4. The number of hydrogen-bond donors (Lipinski definition) is 3. The highest BCUT2D eigenvalue weighted by atomic mass is 35.5. The van der Waals surface area contributed by atoms with Crippen LogP contribution in [0.1, 0.15) is 31.9 Å². The van der Waals surface area contributed by atoms with E-state index < -0.39 is 12.1 Å². The van der Waals surface area contributed by atoms with Crippen molar-refractivity contribution in [2.75, 3.05) is 20.1 Å². The van der Waals surface area contributed by atoms with Crippen molar-refractivity contribution in [2.45, 2.75) is 26.3 Å². The third-order valence-electron chi connectivity index (χ3n) is 4.58. The molecule has 0 spiro atoms. The highest BCUT2D eigenvalue weighted by Crippen LogP contribution is 2.26. The van der Waals surface area contributed by atoms with Gasteiger partial charge in [-0.2, -0.15) is 0 Å². The molecule has 0 bridgehead atoms. The highest BCUT2D eigenvalue weighted by molar-refractivity contribution is 5.85. The number of carbonyl (C=O) groups is 2. The van der Waals surface area contributed by atoms with Crippen molar-refractivity contribution in [1.29, 1.82) is 0 Å². The summed E-state index contributed by atoms with van der Waals surface area (Å²) in [5, 5.41) is 2.66.